The average Bonchev–Trinajstić information content (AvgIpc) is 2.72. The Hall–Kier alpha value is -0.885. The normalized spacial score (nSPS) is 21.5. The van der Waals surface area contributed by atoms with Gasteiger partial charge in [-0.25, -0.2) is 4.21 Å². The third kappa shape index (κ3) is 3.85. The highest BCUT2D eigenvalue weighted by atomic mass is 32.2. The zero-order valence-electron chi connectivity index (χ0n) is 15.3. The Morgan fingerprint density at radius 3 is 2.33 bits per heavy atom. The Kier molecular flexibility index (Phi) is 5.80. The van der Waals surface area contributed by atoms with E-state index in [1.807, 2.05) is 52.8 Å². The summed E-state index contributed by atoms with van der Waals surface area (Å²) in [6.45, 7) is 12.3. The van der Waals surface area contributed by atoms with Crippen molar-refractivity contribution in [2.75, 3.05) is 6.61 Å². The van der Waals surface area contributed by atoms with Crippen LogP contribution in [0.15, 0.2) is 18.2 Å². The van der Waals surface area contributed by atoms with E-state index in [1.54, 1.807) is 6.92 Å². The fourth-order valence-electron chi connectivity index (χ4n) is 2.43. The number of rotatable bonds is 6. The number of hydrogen-bond donors (Lipinski definition) is 1. The SMILES string of the molecule is CCCOc1ccc(C(C)S(=O)O)cc1B1OC(C)(C)C(C)(C)O1. The largest absolute Gasteiger partial charge is 0.498 e. The second-order valence-electron chi connectivity index (χ2n) is 7.15. The molecule has 1 saturated heterocycles. The molecule has 2 rings (SSSR count). The van der Waals surface area contributed by atoms with Gasteiger partial charge in [0, 0.05) is 5.46 Å². The summed E-state index contributed by atoms with van der Waals surface area (Å²) >= 11 is -1.94. The minimum atomic E-state index is -1.94. The van der Waals surface area contributed by atoms with E-state index in [-0.39, 0.29) is 0 Å². The van der Waals surface area contributed by atoms with E-state index in [1.165, 1.54) is 0 Å². The second kappa shape index (κ2) is 7.16. The van der Waals surface area contributed by atoms with Crippen LogP contribution in [0.3, 0.4) is 0 Å². The molecule has 0 amide bonds. The molecule has 1 aliphatic rings. The lowest BCUT2D eigenvalue weighted by Gasteiger charge is -2.32. The highest BCUT2D eigenvalue weighted by Gasteiger charge is 2.52. The van der Waals surface area contributed by atoms with Gasteiger partial charge in [-0.1, -0.05) is 19.1 Å². The van der Waals surface area contributed by atoms with Gasteiger partial charge < -0.3 is 18.6 Å². The van der Waals surface area contributed by atoms with Gasteiger partial charge in [-0.15, -0.1) is 0 Å². The topological polar surface area (TPSA) is 65.0 Å². The predicted octanol–water partition coefficient (Wildman–Crippen LogP) is 3.06. The van der Waals surface area contributed by atoms with Crippen molar-refractivity contribution in [1.82, 2.24) is 0 Å². The molecule has 2 atom stereocenters. The first-order chi connectivity index (χ1) is 11.1. The molecule has 1 aromatic rings. The minimum absolute atomic E-state index is 0.457. The lowest BCUT2D eigenvalue weighted by molar-refractivity contribution is 0.00578. The van der Waals surface area contributed by atoms with Crippen molar-refractivity contribution in [2.24, 2.45) is 0 Å². The number of benzene rings is 1. The van der Waals surface area contributed by atoms with Crippen molar-refractivity contribution in [3.05, 3.63) is 23.8 Å². The standard InChI is InChI=1S/C17H27BO5S/c1-7-10-21-15-9-8-13(12(2)24(19)20)11-14(15)18-22-16(3,4)17(5,6)23-18/h8-9,11-12H,7,10H2,1-6H3,(H,19,20). The van der Waals surface area contributed by atoms with E-state index in [0.717, 1.165) is 17.4 Å². The second-order valence-corrected chi connectivity index (χ2v) is 8.41. The van der Waals surface area contributed by atoms with Crippen molar-refractivity contribution in [1.29, 1.82) is 0 Å². The van der Waals surface area contributed by atoms with Crippen LogP contribution < -0.4 is 10.2 Å². The van der Waals surface area contributed by atoms with Gasteiger partial charge in [-0.3, -0.25) is 0 Å². The fraction of sp³-hybridized carbons (Fsp3) is 0.647. The third-order valence-electron chi connectivity index (χ3n) is 4.77. The predicted molar refractivity (Wildman–Crippen MR) is 97.1 cm³/mol. The Bertz CT molecular complexity index is 601. The molecular formula is C17H27BO5S. The maximum absolute atomic E-state index is 11.4. The van der Waals surface area contributed by atoms with Crippen molar-refractivity contribution in [2.45, 2.75) is 64.4 Å². The van der Waals surface area contributed by atoms with Crippen molar-refractivity contribution in [3.63, 3.8) is 0 Å². The van der Waals surface area contributed by atoms with Gasteiger partial charge in [-0.05, 0) is 52.7 Å². The Morgan fingerprint density at radius 2 is 1.83 bits per heavy atom. The van der Waals surface area contributed by atoms with Crippen molar-refractivity contribution in [3.8, 4) is 5.75 Å². The average molecular weight is 354 g/mol. The molecule has 1 fully saturated rings. The molecule has 1 aromatic carbocycles. The highest BCUT2D eigenvalue weighted by Crippen LogP contribution is 2.37. The molecule has 24 heavy (non-hydrogen) atoms. The lowest BCUT2D eigenvalue weighted by atomic mass is 9.77. The fourth-order valence-corrected chi connectivity index (χ4v) is 2.81. The molecule has 0 aromatic heterocycles. The molecule has 5 nitrogen and oxygen atoms in total. The van der Waals surface area contributed by atoms with Crippen molar-refractivity contribution >= 4 is 23.7 Å². The summed E-state index contributed by atoms with van der Waals surface area (Å²) in [6, 6.07) is 5.50. The van der Waals surface area contributed by atoms with Crippen LogP contribution in [0.4, 0.5) is 0 Å². The van der Waals surface area contributed by atoms with E-state index in [9.17, 15) is 8.76 Å². The number of ether oxygens (including phenoxy) is 1. The van der Waals surface area contributed by atoms with Crippen LogP contribution in [-0.2, 0) is 20.4 Å². The Labute approximate surface area is 147 Å². The zero-order chi connectivity index (χ0) is 18.1. The van der Waals surface area contributed by atoms with Crippen LogP contribution in [0.25, 0.3) is 0 Å². The van der Waals surface area contributed by atoms with Crippen LogP contribution in [0.1, 0.15) is 58.8 Å². The van der Waals surface area contributed by atoms with Gasteiger partial charge in [-0.2, -0.15) is 0 Å². The first-order valence-electron chi connectivity index (χ1n) is 8.31. The third-order valence-corrected chi connectivity index (χ3v) is 5.65. The minimum Gasteiger partial charge on any atom is -0.494 e. The molecule has 0 spiro atoms. The number of hydrogen-bond acceptors (Lipinski definition) is 4. The van der Waals surface area contributed by atoms with E-state index < -0.39 is 34.7 Å². The van der Waals surface area contributed by atoms with Crippen LogP contribution in [0, 0.1) is 0 Å². The van der Waals surface area contributed by atoms with Gasteiger partial charge in [0.15, 0.2) is 11.1 Å². The summed E-state index contributed by atoms with van der Waals surface area (Å²) < 4.78 is 38.9. The molecule has 0 bridgehead atoms. The van der Waals surface area contributed by atoms with Crippen LogP contribution in [0.2, 0.25) is 0 Å². The first kappa shape index (κ1) is 19.4. The monoisotopic (exact) mass is 354 g/mol. The molecule has 1 N–H and O–H groups in total. The maximum Gasteiger partial charge on any atom is 0.498 e. The van der Waals surface area contributed by atoms with E-state index >= 15 is 0 Å². The molecule has 7 heteroatoms. The summed E-state index contributed by atoms with van der Waals surface area (Å²) in [7, 11) is -0.568. The van der Waals surface area contributed by atoms with Crippen LogP contribution in [-0.4, -0.2) is 33.7 Å². The molecule has 0 aliphatic carbocycles. The smallest absolute Gasteiger partial charge is 0.494 e. The molecule has 0 radical (unpaired) electrons. The van der Waals surface area contributed by atoms with Gasteiger partial charge in [0.05, 0.1) is 23.1 Å². The maximum atomic E-state index is 11.4. The molecule has 2 unspecified atom stereocenters. The Balaban J connectivity index is 2.41. The van der Waals surface area contributed by atoms with Crippen LogP contribution >= 0.6 is 0 Å². The quantitative estimate of drug-likeness (QED) is 0.628. The Morgan fingerprint density at radius 1 is 1.25 bits per heavy atom. The van der Waals surface area contributed by atoms with E-state index in [4.69, 9.17) is 14.0 Å². The summed E-state index contributed by atoms with van der Waals surface area (Å²) in [4.78, 5) is 0. The van der Waals surface area contributed by atoms with E-state index in [2.05, 4.69) is 0 Å². The summed E-state index contributed by atoms with van der Waals surface area (Å²) in [5.41, 5.74) is 0.601. The molecule has 1 aliphatic heterocycles. The molecular weight excluding hydrogens is 327 g/mol. The van der Waals surface area contributed by atoms with E-state index in [0.29, 0.717) is 12.4 Å². The van der Waals surface area contributed by atoms with Gasteiger partial charge in [0.1, 0.15) is 5.75 Å². The zero-order valence-corrected chi connectivity index (χ0v) is 16.1. The van der Waals surface area contributed by atoms with Gasteiger partial charge in [0.2, 0.25) is 0 Å². The van der Waals surface area contributed by atoms with Crippen LogP contribution in [0.5, 0.6) is 5.75 Å². The summed E-state index contributed by atoms with van der Waals surface area (Å²) in [6.07, 6.45) is 0.890. The highest BCUT2D eigenvalue weighted by molar-refractivity contribution is 7.79. The first-order valence-corrected chi connectivity index (χ1v) is 9.48. The van der Waals surface area contributed by atoms with Gasteiger partial charge in [0.25, 0.3) is 0 Å². The van der Waals surface area contributed by atoms with Crippen molar-refractivity contribution < 1.29 is 22.8 Å². The molecule has 134 valence electrons. The lowest BCUT2D eigenvalue weighted by Crippen LogP contribution is -2.41. The molecule has 1 heterocycles. The summed E-state index contributed by atoms with van der Waals surface area (Å²) in [5, 5.41) is -0.494. The van der Waals surface area contributed by atoms with Gasteiger partial charge >= 0.3 is 7.12 Å². The summed E-state index contributed by atoms with van der Waals surface area (Å²) in [5.74, 6) is 0.690. The molecule has 0 saturated carbocycles.